The number of hydrogen-bond acceptors (Lipinski definition) is 5. The number of ether oxygens (including phenoxy) is 2. The Bertz CT molecular complexity index is 568. The van der Waals surface area contributed by atoms with Crippen molar-refractivity contribution in [3.05, 3.63) is 35.9 Å². The molecule has 0 heterocycles. The van der Waals surface area contributed by atoms with E-state index < -0.39 is 34.5 Å². The van der Waals surface area contributed by atoms with Gasteiger partial charge in [0.25, 0.3) is 0 Å². The predicted molar refractivity (Wildman–Crippen MR) is 92.9 cm³/mol. The number of esters is 1. The van der Waals surface area contributed by atoms with E-state index in [0.717, 1.165) is 5.56 Å². The van der Waals surface area contributed by atoms with Crippen LogP contribution < -0.4 is 5.32 Å². The Morgan fingerprint density at radius 2 is 1.83 bits per heavy atom. The average molecular weight is 355 g/mol. The van der Waals surface area contributed by atoms with E-state index in [1.54, 1.807) is 27.7 Å². The van der Waals surface area contributed by atoms with Crippen LogP contribution in [0.5, 0.6) is 0 Å². The van der Waals surface area contributed by atoms with Gasteiger partial charge in [-0.3, -0.25) is 4.21 Å². The molecule has 1 aromatic rings. The van der Waals surface area contributed by atoms with Gasteiger partial charge in [-0.25, -0.2) is 9.59 Å². The summed E-state index contributed by atoms with van der Waals surface area (Å²) in [6.45, 7) is 7.01. The van der Waals surface area contributed by atoms with Crippen LogP contribution in [0.1, 0.15) is 33.3 Å². The molecule has 24 heavy (non-hydrogen) atoms. The lowest BCUT2D eigenvalue weighted by Crippen LogP contribution is -2.47. The monoisotopic (exact) mass is 355 g/mol. The average Bonchev–Trinajstić information content (AvgIpc) is 2.45. The number of benzene rings is 1. The predicted octanol–water partition coefficient (Wildman–Crippen LogP) is 2.39. The number of alkyl carbamates (subject to hydrolysis) is 1. The van der Waals surface area contributed by atoms with E-state index >= 15 is 0 Å². The van der Waals surface area contributed by atoms with Crippen molar-refractivity contribution < 1.29 is 23.3 Å². The summed E-state index contributed by atoms with van der Waals surface area (Å²) in [6, 6.07) is 8.29. The highest BCUT2D eigenvalue weighted by Gasteiger charge is 2.27. The Morgan fingerprint density at radius 3 is 2.38 bits per heavy atom. The van der Waals surface area contributed by atoms with E-state index in [-0.39, 0.29) is 12.4 Å². The maximum atomic E-state index is 12.3. The lowest BCUT2D eigenvalue weighted by molar-refractivity contribution is -0.145. The molecule has 1 amide bonds. The molecule has 6 nitrogen and oxygen atoms in total. The first-order chi connectivity index (χ1) is 11.2. The SMILES string of the molecule is CCOC(=O)[C@H](C[S@](=O)Cc1ccccc1)NC(=O)OC(C)(C)C. The van der Waals surface area contributed by atoms with Crippen molar-refractivity contribution >= 4 is 22.9 Å². The van der Waals surface area contributed by atoms with Crippen LogP contribution in [0.25, 0.3) is 0 Å². The standard InChI is InChI=1S/C17H25NO5S/c1-5-22-15(19)14(18-16(20)23-17(2,3)4)12-24(21)11-13-9-7-6-8-10-13/h6-10,14H,5,11-12H2,1-4H3,(H,18,20)/t14-,24+/m0/s1. The van der Waals surface area contributed by atoms with Gasteiger partial charge in [0.1, 0.15) is 11.6 Å². The van der Waals surface area contributed by atoms with Gasteiger partial charge in [0, 0.05) is 16.6 Å². The molecule has 0 fully saturated rings. The molecule has 2 atom stereocenters. The molecule has 1 N–H and O–H groups in total. The molecule has 0 aromatic heterocycles. The maximum Gasteiger partial charge on any atom is 0.408 e. The van der Waals surface area contributed by atoms with Crippen LogP contribution >= 0.6 is 0 Å². The summed E-state index contributed by atoms with van der Waals surface area (Å²) in [5.41, 5.74) is 0.211. The molecule has 0 bridgehead atoms. The summed E-state index contributed by atoms with van der Waals surface area (Å²) in [7, 11) is -1.34. The third-order valence-corrected chi connectivity index (χ3v) is 4.15. The van der Waals surface area contributed by atoms with Gasteiger partial charge in [-0.05, 0) is 33.3 Å². The highest BCUT2D eigenvalue weighted by Crippen LogP contribution is 2.08. The Kier molecular flexibility index (Phi) is 7.91. The number of carbonyl (C=O) groups excluding carboxylic acids is 2. The molecule has 7 heteroatoms. The molecule has 0 aliphatic heterocycles. The molecule has 134 valence electrons. The highest BCUT2D eigenvalue weighted by molar-refractivity contribution is 7.84. The van der Waals surface area contributed by atoms with Gasteiger partial charge in [0.05, 0.1) is 12.4 Å². The fourth-order valence-electron chi connectivity index (χ4n) is 1.87. The van der Waals surface area contributed by atoms with Crippen LogP contribution in [0.15, 0.2) is 30.3 Å². The lowest BCUT2D eigenvalue weighted by atomic mass is 10.2. The fraction of sp³-hybridized carbons (Fsp3) is 0.529. The van der Waals surface area contributed by atoms with Gasteiger partial charge in [-0.2, -0.15) is 0 Å². The Morgan fingerprint density at radius 1 is 1.21 bits per heavy atom. The molecule has 1 aromatic carbocycles. The van der Waals surface area contributed by atoms with Crippen molar-refractivity contribution in [3.8, 4) is 0 Å². The van der Waals surface area contributed by atoms with Crippen molar-refractivity contribution in [1.82, 2.24) is 5.32 Å². The van der Waals surface area contributed by atoms with Gasteiger partial charge in [-0.1, -0.05) is 30.3 Å². The molecule has 0 saturated heterocycles. The first-order valence-corrected chi connectivity index (χ1v) is 9.25. The van der Waals surface area contributed by atoms with Crippen molar-refractivity contribution in [2.75, 3.05) is 12.4 Å². The summed E-state index contributed by atoms with van der Waals surface area (Å²) >= 11 is 0. The normalized spacial score (nSPS) is 13.7. The highest BCUT2D eigenvalue weighted by atomic mass is 32.2. The Labute approximate surface area is 145 Å². The van der Waals surface area contributed by atoms with Crippen LogP contribution in [-0.2, 0) is 30.8 Å². The number of nitrogens with one attached hydrogen (secondary N) is 1. The molecule has 1 rings (SSSR count). The molecule has 0 aliphatic rings. The zero-order valence-corrected chi connectivity index (χ0v) is 15.4. The minimum Gasteiger partial charge on any atom is -0.464 e. The van der Waals surface area contributed by atoms with Crippen LogP contribution in [-0.4, -0.2) is 40.3 Å². The van der Waals surface area contributed by atoms with E-state index in [9.17, 15) is 13.8 Å². The molecule has 0 spiro atoms. The summed E-state index contributed by atoms with van der Waals surface area (Å²) in [4.78, 5) is 23.9. The first kappa shape index (κ1) is 20.2. The second-order valence-electron chi connectivity index (χ2n) is 6.19. The number of rotatable bonds is 7. The maximum absolute atomic E-state index is 12.3. The fourth-order valence-corrected chi connectivity index (χ4v) is 3.14. The molecule has 0 unspecified atom stereocenters. The largest absolute Gasteiger partial charge is 0.464 e. The third-order valence-electron chi connectivity index (χ3n) is 2.79. The zero-order valence-electron chi connectivity index (χ0n) is 14.5. The van der Waals surface area contributed by atoms with E-state index in [1.807, 2.05) is 30.3 Å². The second kappa shape index (κ2) is 9.42. The van der Waals surface area contributed by atoms with Gasteiger partial charge < -0.3 is 14.8 Å². The quantitative estimate of drug-likeness (QED) is 0.760. The van der Waals surface area contributed by atoms with Gasteiger partial charge in [0.2, 0.25) is 0 Å². The molecular formula is C17H25NO5S. The van der Waals surface area contributed by atoms with Crippen molar-refractivity contribution in [2.24, 2.45) is 0 Å². The van der Waals surface area contributed by atoms with E-state index in [4.69, 9.17) is 9.47 Å². The number of amides is 1. The summed E-state index contributed by atoms with van der Waals surface area (Å²) < 4.78 is 22.4. The summed E-state index contributed by atoms with van der Waals surface area (Å²) in [6.07, 6.45) is -0.739. The van der Waals surface area contributed by atoms with Crippen LogP contribution in [0, 0.1) is 0 Å². The number of carbonyl (C=O) groups is 2. The van der Waals surface area contributed by atoms with E-state index in [1.165, 1.54) is 0 Å². The van der Waals surface area contributed by atoms with E-state index in [0.29, 0.717) is 5.75 Å². The van der Waals surface area contributed by atoms with Crippen molar-refractivity contribution in [1.29, 1.82) is 0 Å². The van der Waals surface area contributed by atoms with Gasteiger partial charge >= 0.3 is 12.1 Å². The van der Waals surface area contributed by atoms with Crippen molar-refractivity contribution in [3.63, 3.8) is 0 Å². The topological polar surface area (TPSA) is 81.7 Å². The zero-order chi connectivity index (χ0) is 18.2. The van der Waals surface area contributed by atoms with Crippen LogP contribution in [0.3, 0.4) is 0 Å². The first-order valence-electron chi connectivity index (χ1n) is 7.76. The molecule has 0 aliphatic carbocycles. The molecule has 0 saturated carbocycles. The lowest BCUT2D eigenvalue weighted by Gasteiger charge is -2.22. The second-order valence-corrected chi connectivity index (χ2v) is 7.69. The molecular weight excluding hydrogens is 330 g/mol. The minimum atomic E-state index is -1.34. The smallest absolute Gasteiger partial charge is 0.408 e. The minimum absolute atomic E-state index is 0.0348. The van der Waals surface area contributed by atoms with Crippen molar-refractivity contribution in [2.45, 2.75) is 45.1 Å². The van der Waals surface area contributed by atoms with E-state index in [2.05, 4.69) is 5.32 Å². The van der Waals surface area contributed by atoms with Crippen LogP contribution in [0.4, 0.5) is 4.79 Å². The Balaban J connectivity index is 2.69. The third kappa shape index (κ3) is 8.10. The Hall–Kier alpha value is -1.89. The summed E-state index contributed by atoms with van der Waals surface area (Å²) in [5.74, 6) is -0.357. The van der Waals surface area contributed by atoms with Gasteiger partial charge in [0.15, 0.2) is 0 Å². The van der Waals surface area contributed by atoms with Crippen LogP contribution in [0.2, 0.25) is 0 Å². The van der Waals surface area contributed by atoms with Gasteiger partial charge in [-0.15, -0.1) is 0 Å². The molecule has 0 radical (unpaired) electrons. The number of hydrogen-bond donors (Lipinski definition) is 1. The summed E-state index contributed by atoms with van der Waals surface area (Å²) in [5, 5.41) is 2.45.